The largest absolute Gasteiger partial charge is 0.422 e. The van der Waals surface area contributed by atoms with E-state index in [2.05, 4.69) is 16.4 Å². The van der Waals surface area contributed by atoms with Crippen molar-refractivity contribution < 1.29 is 4.42 Å². The molecule has 0 atom stereocenters. The van der Waals surface area contributed by atoms with Gasteiger partial charge in [-0.25, -0.2) is 9.78 Å². The van der Waals surface area contributed by atoms with Crippen LogP contribution in [0.4, 0.5) is 11.5 Å². The van der Waals surface area contributed by atoms with Gasteiger partial charge in [0.05, 0.1) is 16.5 Å². The van der Waals surface area contributed by atoms with Crippen molar-refractivity contribution in [1.29, 1.82) is 5.26 Å². The minimum absolute atomic E-state index is 0.332. The van der Waals surface area contributed by atoms with Crippen LogP contribution in [0, 0.1) is 18.3 Å². The third-order valence-corrected chi connectivity index (χ3v) is 4.14. The first kappa shape index (κ1) is 14.9. The number of hydrogen-bond acceptors (Lipinski definition) is 5. The SMILES string of the molecule is Cc1c(C#N)c(Nc2ccccc2)nc2c1c(=O)oc1ccccc12. The molecule has 0 aliphatic heterocycles. The van der Waals surface area contributed by atoms with Crippen molar-refractivity contribution >= 4 is 33.4 Å². The van der Waals surface area contributed by atoms with Crippen molar-refractivity contribution in [2.75, 3.05) is 5.32 Å². The van der Waals surface area contributed by atoms with Crippen molar-refractivity contribution in [3.63, 3.8) is 0 Å². The Morgan fingerprint density at radius 1 is 1.08 bits per heavy atom. The van der Waals surface area contributed by atoms with Crippen LogP contribution >= 0.6 is 0 Å². The number of pyridine rings is 1. The Kier molecular flexibility index (Phi) is 3.44. The fourth-order valence-corrected chi connectivity index (χ4v) is 2.94. The molecule has 0 saturated carbocycles. The molecule has 4 rings (SSSR count). The first-order valence-electron chi connectivity index (χ1n) is 7.77. The van der Waals surface area contributed by atoms with Crippen LogP contribution in [0.25, 0.3) is 21.9 Å². The highest BCUT2D eigenvalue weighted by molar-refractivity contribution is 6.04. The third kappa shape index (κ3) is 2.41. The summed E-state index contributed by atoms with van der Waals surface area (Å²) in [7, 11) is 0. The van der Waals surface area contributed by atoms with Gasteiger partial charge in [0.2, 0.25) is 0 Å². The molecule has 2 heterocycles. The summed E-state index contributed by atoms with van der Waals surface area (Å²) in [4.78, 5) is 17.0. The smallest absolute Gasteiger partial charge is 0.346 e. The maximum Gasteiger partial charge on any atom is 0.346 e. The Bertz CT molecular complexity index is 1200. The van der Waals surface area contributed by atoms with Crippen LogP contribution in [0.5, 0.6) is 0 Å². The fraction of sp³-hybridized carbons (Fsp3) is 0.0500. The van der Waals surface area contributed by atoms with E-state index in [1.807, 2.05) is 42.5 Å². The van der Waals surface area contributed by atoms with Gasteiger partial charge in [-0.05, 0) is 36.8 Å². The van der Waals surface area contributed by atoms with E-state index in [1.54, 1.807) is 19.1 Å². The number of para-hydroxylation sites is 2. The zero-order valence-corrected chi connectivity index (χ0v) is 13.4. The second-order valence-corrected chi connectivity index (χ2v) is 5.67. The monoisotopic (exact) mass is 327 g/mol. The summed E-state index contributed by atoms with van der Waals surface area (Å²) in [6.07, 6.45) is 0. The highest BCUT2D eigenvalue weighted by atomic mass is 16.4. The van der Waals surface area contributed by atoms with Gasteiger partial charge in [0.15, 0.2) is 0 Å². The normalized spacial score (nSPS) is 10.7. The van der Waals surface area contributed by atoms with Crippen molar-refractivity contribution in [2.45, 2.75) is 6.92 Å². The molecule has 25 heavy (non-hydrogen) atoms. The minimum atomic E-state index is -0.485. The number of fused-ring (bicyclic) bond motifs is 3. The van der Waals surface area contributed by atoms with Crippen LogP contribution < -0.4 is 10.9 Å². The van der Waals surface area contributed by atoms with Crippen LogP contribution in [-0.2, 0) is 0 Å². The van der Waals surface area contributed by atoms with Crippen LogP contribution in [0.3, 0.4) is 0 Å². The lowest BCUT2D eigenvalue weighted by atomic mass is 10.0. The van der Waals surface area contributed by atoms with Gasteiger partial charge >= 0.3 is 5.63 Å². The molecule has 0 aliphatic rings. The van der Waals surface area contributed by atoms with Crippen LogP contribution in [0.2, 0.25) is 0 Å². The lowest BCUT2D eigenvalue weighted by Crippen LogP contribution is -2.08. The van der Waals surface area contributed by atoms with Crippen LogP contribution in [0.15, 0.2) is 63.8 Å². The molecular formula is C20H13N3O2. The molecule has 5 heteroatoms. The average Bonchev–Trinajstić information content (AvgIpc) is 2.62. The molecule has 0 unspecified atom stereocenters. The van der Waals surface area contributed by atoms with Gasteiger partial charge in [-0.2, -0.15) is 5.26 Å². The predicted molar refractivity (Wildman–Crippen MR) is 97.0 cm³/mol. The molecule has 0 radical (unpaired) electrons. The number of nitrogens with zero attached hydrogens (tertiary/aromatic N) is 2. The number of rotatable bonds is 2. The topological polar surface area (TPSA) is 78.9 Å². The van der Waals surface area contributed by atoms with E-state index in [4.69, 9.17) is 4.42 Å². The molecule has 0 amide bonds. The quantitative estimate of drug-likeness (QED) is 0.439. The van der Waals surface area contributed by atoms with Gasteiger partial charge in [-0.1, -0.05) is 30.3 Å². The van der Waals surface area contributed by atoms with Crippen LogP contribution in [-0.4, -0.2) is 4.98 Å². The highest BCUT2D eigenvalue weighted by Gasteiger charge is 2.18. The molecule has 2 aromatic heterocycles. The summed E-state index contributed by atoms with van der Waals surface area (Å²) < 4.78 is 5.39. The molecule has 2 aromatic carbocycles. The number of anilines is 2. The van der Waals surface area contributed by atoms with Gasteiger partial charge < -0.3 is 9.73 Å². The Morgan fingerprint density at radius 3 is 2.56 bits per heavy atom. The fourth-order valence-electron chi connectivity index (χ4n) is 2.94. The first-order chi connectivity index (χ1) is 12.2. The van der Waals surface area contributed by atoms with Crippen molar-refractivity contribution in [3.8, 4) is 6.07 Å². The second kappa shape index (κ2) is 5.77. The molecule has 120 valence electrons. The summed E-state index contributed by atoms with van der Waals surface area (Å²) in [6.45, 7) is 1.74. The summed E-state index contributed by atoms with van der Waals surface area (Å²) in [5.74, 6) is 0.425. The Morgan fingerprint density at radius 2 is 1.80 bits per heavy atom. The average molecular weight is 327 g/mol. The van der Waals surface area contributed by atoms with E-state index in [-0.39, 0.29) is 0 Å². The Labute approximate surface area is 143 Å². The van der Waals surface area contributed by atoms with E-state index < -0.39 is 5.63 Å². The maximum atomic E-state index is 12.4. The predicted octanol–water partition coefficient (Wildman–Crippen LogP) is 4.26. The number of nitrogens with one attached hydrogen (secondary N) is 1. The van der Waals surface area contributed by atoms with Gasteiger partial charge in [-0.15, -0.1) is 0 Å². The molecule has 0 bridgehead atoms. The number of benzene rings is 2. The summed E-state index contributed by atoms with van der Waals surface area (Å²) >= 11 is 0. The molecule has 0 aliphatic carbocycles. The molecule has 0 saturated heterocycles. The summed E-state index contributed by atoms with van der Waals surface area (Å²) in [5, 5.41) is 13.8. The Hall–Kier alpha value is -3.65. The van der Waals surface area contributed by atoms with E-state index in [0.29, 0.717) is 33.4 Å². The van der Waals surface area contributed by atoms with Gasteiger partial charge in [0.25, 0.3) is 0 Å². The molecule has 1 N–H and O–H groups in total. The van der Waals surface area contributed by atoms with Gasteiger partial charge in [0, 0.05) is 11.1 Å². The molecule has 0 spiro atoms. The minimum Gasteiger partial charge on any atom is -0.422 e. The van der Waals surface area contributed by atoms with Crippen molar-refractivity contribution in [2.24, 2.45) is 0 Å². The summed E-state index contributed by atoms with van der Waals surface area (Å²) in [5.41, 5.74) is 2.23. The zero-order chi connectivity index (χ0) is 17.4. The van der Waals surface area contributed by atoms with Crippen molar-refractivity contribution in [1.82, 2.24) is 4.98 Å². The lowest BCUT2D eigenvalue weighted by Gasteiger charge is -2.12. The standard InChI is InChI=1S/C20H13N3O2/c1-12-15(11-21)19(22-13-7-3-2-4-8-13)23-18-14-9-5-6-10-16(14)25-20(24)17(12)18/h2-10H,1H3,(H,22,23). The number of nitriles is 1. The third-order valence-electron chi connectivity index (χ3n) is 4.14. The first-order valence-corrected chi connectivity index (χ1v) is 7.77. The second-order valence-electron chi connectivity index (χ2n) is 5.67. The van der Waals surface area contributed by atoms with Crippen molar-refractivity contribution in [3.05, 3.63) is 76.1 Å². The zero-order valence-electron chi connectivity index (χ0n) is 13.4. The molecule has 5 nitrogen and oxygen atoms in total. The van der Waals surface area contributed by atoms with Crippen LogP contribution in [0.1, 0.15) is 11.1 Å². The maximum absolute atomic E-state index is 12.4. The lowest BCUT2D eigenvalue weighted by molar-refractivity contribution is 0.569. The molecule has 4 aromatic rings. The Balaban J connectivity index is 2.08. The molecular weight excluding hydrogens is 314 g/mol. The highest BCUT2D eigenvalue weighted by Crippen LogP contribution is 2.29. The number of hydrogen-bond donors (Lipinski definition) is 1. The van der Waals surface area contributed by atoms with Gasteiger partial charge in [-0.3, -0.25) is 0 Å². The van der Waals surface area contributed by atoms with E-state index in [1.165, 1.54) is 0 Å². The van der Waals surface area contributed by atoms with E-state index in [9.17, 15) is 10.1 Å². The van der Waals surface area contributed by atoms with Gasteiger partial charge in [0.1, 0.15) is 17.5 Å². The van der Waals surface area contributed by atoms with E-state index in [0.717, 1.165) is 11.1 Å². The number of aromatic nitrogens is 1. The van der Waals surface area contributed by atoms with E-state index >= 15 is 0 Å². The summed E-state index contributed by atoms with van der Waals surface area (Å²) in [6, 6.07) is 18.9. The number of aryl methyl sites for hydroxylation is 1. The molecule has 0 fully saturated rings.